The number of amides is 1. The lowest BCUT2D eigenvalue weighted by molar-refractivity contribution is -0.113. The molecule has 0 bridgehead atoms. The van der Waals surface area contributed by atoms with Gasteiger partial charge in [0.25, 0.3) is 0 Å². The molecule has 0 unspecified atom stereocenters. The number of fused-ring (bicyclic) bond motifs is 1. The van der Waals surface area contributed by atoms with Gasteiger partial charge in [0, 0.05) is 10.0 Å². The number of halogens is 2. The monoisotopic (exact) mass is 364 g/mol. The van der Waals surface area contributed by atoms with Crippen LogP contribution in [0.4, 0.5) is 5.69 Å². The van der Waals surface area contributed by atoms with E-state index in [4.69, 9.17) is 16.0 Å². The summed E-state index contributed by atoms with van der Waals surface area (Å²) in [4.78, 5) is 15.9. The van der Waals surface area contributed by atoms with Gasteiger partial charge in [0.2, 0.25) is 11.8 Å². The fourth-order valence-corrected chi connectivity index (χ4v) is 2.35. The Bertz CT molecular complexity index is 783. The summed E-state index contributed by atoms with van der Waals surface area (Å²) in [6, 6.07) is 13.0. The number of nitrogens with one attached hydrogen (secondary N) is 1. The molecule has 6 heteroatoms. The largest absolute Gasteiger partial charge is 0.436 e. The summed E-state index contributed by atoms with van der Waals surface area (Å²) in [5.41, 5.74) is 2.92. The van der Waals surface area contributed by atoms with Gasteiger partial charge in [-0.15, -0.1) is 11.6 Å². The highest BCUT2D eigenvalue weighted by Gasteiger charge is 2.11. The number of carbonyl (C=O) groups is 1. The second-order valence-corrected chi connectivity index (χ2v) is 5.48. The van der Waals surface area contributed by atoms with Crippen LogP contribution < -0.4 is 5.32 Å². The topological polar surface area (TPSA) is 55.1 Å². The van der Waals surface area contributed by atoms with Gasteiger partial charge in [-0.25, -0.2) is 4.98 Å². The van der Waals surface area contributed by atoms with Crippen molar-refractivity contribution in [3.63, 3.8) is 0 Å². The highest BCUT2D eigenvalue weighted by Crippen LogP contribution is 2.30. The highest BCUT2D eigenvalue weighted by molar-refractivity contribution is 9.10. The molecule has 3 aromatic rings. The van der Waals surface area contributed by atoms with E-state index >= 15 is 0 Å². The third-order valence-corrected chi connectivity index (χ3v) is 3.84. The third-order valence-electron chi connectivity index (χ3n) is 2.90. The first kappa shape index (κ1) is 14.1. The molecule has 1 aromatic heterocycles. The minimum atomic E-state index is -0.271. The third kappa shape index (κ3) is 2.94. The van der Waals surface area contributed by atoms with Crippen molar-refractivity contribution in [2.75, 3.05) is 11.2 Å². The highest BCUT2D eigenvalue weighted by atomic mass is 79.9. The number of alkyl halides is 1. The number of rotatable bonds is 3. The lowest BCUT2D eigenvalue weighted by Gasteiger charge is -2.07. The lowest BCUT2D eigenvalue weighted by atomic mass is 10.2. The van der Waals surface area contributed by atoms with Crippen LogP contribution in [0.2, 0.25) is 0 Å². The average Bonchev–Trinajstić information content (AvgIpc) is 2.93. The van der Waals surface area contributed by atoms with Gasteiger partial charge >= 0.3 is 0 Å². The number of anilines is 1. The molecule has 0 atom stereocenters. The van der Waals surface area contributed by atoms with Gasteiger partial charge in [-0.3, -0.25) is 4.79 Å². The van der Waals surface area contributed by atoms with E-state index < -0.39 is 0 Å². The minimum absolute atomic E-state index is 0.0977. The molecule has 3 rings (SSSR count). The first-order chi connectivity index (χ1) is 10.2. The Balaban J connectivity index is 2.02. The second kappa shape index (κ2) is 5.87. The maximum atomic E-state index is 11.4. The predicted molar refractivity (Wildman–Crippen MR) is 86.5 cm³/mol. The Morgan fingerprint density at radius 2 is 2.10 bits per heavy atom. The van der Waals surface area contributed by atoms with Gasteiger partial charge in [-0.2, -0.15) is 0 Å². The van der Waals surface area contributed by atoms with Gasteiger partial charge in [-0.05, 0) is 46.3 Å². The zero-order valence-corrected chi connectivity index (χ0v) is 13.1. The SMILES string of the molecule is O=C(CCl)Nc1cc(-c2nc3ccccc3o2)ccc1Br. The molecule has 2 aromatic carbocycles. The summed E-state index contributed by atoms with van der Waals surface area (Å²) in [6.07, 6.45) is 0. The van der Waals surface area contributed by atoms with Crippen LogP contribution in [0, 0.1) is 0 Å². The molecule has 1 N–H and O–H groups in total. The zero-order chi connectivity index (χ0) is 14.8. The molecule has 4 nitrogen and oxygen atoms in total. The van der Waals surface area contributed by atoms with Crippen LogP contribution in [0.1, 0.15) is 0 Å². The molecule has 0 radical (unpaired) electrons. The van der Waals surface area contributed by atoms with Crippen molar-refractivity contribution in [1.82, 2.24) is 4.98 Å². The summed E-state index contributed by atoms with van der Waals surface area (Å²) in [5, 5.41) is 2.72. The number of oxazole rings is 1. The predicted octanol–water partition coefficient (Wildman–Crippen LogP) is 4.43. The van der Waals surface area contributed by atoms with E-state index in [1.165, 1.54) is 0 Å². The number of hydrogen-bond donors (Lipinski definition) is 1. The second-order valence-electron chi connectivity index (χ2n) is 4.36. The molecule has 0 aliphatic rings. The number of benzene rings is 2. The van der Waals surface area contributed by atoms with Crippen molar-refractivity contribution in [2.45, 2.75) is 0 Å². The molecule has 0 aliphatic carbocycles. The molecule has 0 aliphatic heterocycles. The standard InChI is InChI=1S/C15H10BrClN2O2/c16-10-6-5-9(7-12(10)18-14(20)8-17)15-19-11-3-1-2-4-13(11)21-15/h1-7H,8H2,(H,18,20). The van der Waals surface area contributed by atoms with E-state index in [0.717, 1.165) is 21.1 Å². The molecular weight excluding hydrogens is 356 g/mol. The van der Waals surface area contributed by atoms with Crippen LogP contribution in [-0.4, -0.2) is 16.8 Å². The zero-order valence-electron chi connectivity index (χ0n) is 10.8. The first-order valence-electron chi connectivity index (χ1n) is 6.18. The van der Waals surface area contributed by atoms with Crippen LogP contribution in [-0.2, 0) is 4.79 Å². The van der Waals surface area contributed by atoms with E-state index in [1.807, 2.05) is 36.4 Å². The normalized spacial score (nSPS) is 10.8. The van der Waals surface area contributed by atoms with Crippen molar-refractivity contribution in [3.05, 3.63) is 46.9 Å². The maximum Gasteiger partial charge on any atom is 0.239 e. The lowest BCUT2D eigenvalue weighted by Crippen LogP contribution is -2.12. The number of aromatic nitrogens is 1. The van der Waals surface area contributed by atoms with E-state index in [1.54, 1.807) is 6.07 Å². The fourth-order valence-electron chi connectivity index (χ4n) is 1.93. The van der Waals surface area contributed by atoms with E-state index in [-0.39, 0.29) is 11.8 Å². The Morgan fingerprint density at radius 1 is 1.29 bits per heavy atom. The first-order valence-corrected chi connectivity index (χ1v) is 7.51. The van der Waals surface area contributed by atoms with Crippen molar-refractivity contribution < 1.29 is 9.21 Å². The van der Waals surface area contributed by atoms with Crippen LogP contribution in [0.25, 0.3) is 22.6 Å². The number of hydrogen-bond acceptors (Lipinski definition) is 3. The van der Waals surface area contributed by atoms with Crippen LogP contribution in [0.5, 0.6) is 0 Å². The molecule has 0 saturated heterocycles. The van der Waals surface area contributed by atoms with Gasteiger partial charge in [0.1, 0.15) is 11.4 Å². The molecule has 0 spiro atoms. The van der Waals surface area contributed by atoms with Crippen molar-refractivity contribution in [3.8, 4) is 11.5 Å². The number of carbonyl (C=O) groups excluding carboxylic acids is 1. The number of nitrogens with zero attached hydrogens (tertiary/aromatic N) is 1. The summed E-state index contributed by atoms with van der Waals surface area (Å²) < 4.78 is 6.48. The summed E-state index contributed by atoms with van der Waals surface area (Å²) >= 11 is 8.89. The molecule has 21 heavy (non-hydrogen) atoms. The Labute approximate surface area is 134 Å². The van der Waals surface area contributed by atoms with Gasteiger partial charge in [0.15, 0.2) is 5.58 Å². The Kier molecular flexibility index (Phi) is 3.94. The van der Waals surface area contributed by atoms with Gasteiger partial charge < -0.3 is 9.73 Å². The quantitative estimate of drug-likeness (QED) is 0.698. The smallest absolute Gasteiger partial charge is 0.239 e. The molecule has 0 fully saturated rings. The molecule has 106 valence electrons. The van der Waals surface area contributed by atoms with Gasteiger partial charge in [-0.1, -0.05) is 12.1 Å². The van der Waals surface area contributed by atoms with Crippen LogP contribution in [0.3, 0.4) is 0 Å². The Hall–Kier alpha value is -1.85. The van der Waals surface area contributed by atoms with Crippen molar-refractivity contribution in [1.29, 1.82) is 0 Å². The van der Waals surface area contributed by atoms with Gasteiger partial charge in [0.05, 0.1) is 5.69 Å². The summed E-state index contributed by atoms with van der Waals surface area (Å²) in [5.74, 6) is 0.136. The molecule has 0 saturated carbocycles. The fraction of sp³-hybridized carbons (Fsp3) is 0.0667. The maximum absolute atomic E-state index is 11.4. The number of para-hydroxylation sites is 2. The van der Waals surface area contributed by atoms with Crippen LogP contribution >= 0.6 is 27.5 Å². The Morgan fingerprint density at radius 3 is 2.86 bits per heavy atom. The van der Waals surface area contributed by atoms with E-state index in [0.29, 0.717) is 11.6 Å². The minimum Gasteiger partial charge on any atom is -0.436 e. The van der Waals surface area contributed by atoms with Crippen molar-refractivity contribution >= 4 is 50.2 Å². The van der Waals surface area contributed by atoms with Crippen molar-refractivity contribution in [2.24, 2.45) is 0 Å². The molecule has 1 heterocycles. The molecular formula is C15H10BrClN2O2. The summed E-state index contributed by atoms with van der Waals surface area (Å²) in [6.45, 7) is 0. The van der Waals surface area contributed by atoms with Crippen LogP contribution in [0.15, 0.2) is 51.4 Å². The van der Waals surface area contributed by atoms with E-state index in [9.17, 15) is 4.79 Å². The van der Waals surface area contributed by atoms with E-state index in [2.05, 4.69) is 26.2 Å². The molecule has 1 amide bonds. The summed E-state index contributed by atoms with van der Waals surface area (Å²) in [7, 11) is 0. The average molecular weight is 366 g/mol.